The van der Waals surface area contributed by atoms with E-state index in [1.807, 2.05) is 4.57 Å². The molecular weight excluding hydrogens is 280 g/mol. The molecule has 0 bridgehead atoms. The molecule has 0 radical (unpaired) electrons. The first-order valence-electron chi connectivity index (χ1n) is 6.43. The molecule has 0 aliphatic heterocycles. The van der Waals surface area contributed by atoms with Gasteiger partial charge in [-0.1, -0.05) is 0 Å². The molecule has 0 aromatic carbocycles. The van der Waals surface area contributed by atoms with Gasteiger partial charge in [-0.05, 0) is 12.8 Å². The molecule has 116 valence electrons. The predicted octanol–water partition coefficient (Wildman–Crippen LogP) is -0.110. The topological polar surface area (TPSA) is 134 Å². The minimum atomic E-state index is -1.26. The zero-order valence-corrected chi connectivity index (χ0v) is 11.4. The van der Waals surface area contributed by atoms with E-state index in [1.165, 1.54) is 0 Å². The third-order valence-electron chi connectivity index (χ3n) is 2.69. The van der Waals surface area contributed by atoms with Crippen LogP contribution in [-0.2, 0) is 16.1 Å². The largest absolute Gasteiger partial charge is 0.481 e. The van der Waals surface area contributed by atoms with Crippen LogP contribution >= 0.6 is 0 Å². The van der Waals surface area contributed by atoms with Crippen LogP contribution in [0.25, 0.3) is 0 Å². The van der Waals surface area contributed by atoms with Crippen LogP contribution in [0.4, 0.5) is 4.79 Å². The van der Waals surface area contributed by atoms with Crippen molar-refractivity contribution in [2.75, 3.05) is 6.54 Å². The molecule has 0 aliphatic carbocycles. The molecule has 1 aromatic rings. The second-order valence-electron chi connectivity index (χ2n) is 4.38. The molecule has 1 heterocycles. The SMILES string of the molecule is O=C(O)CC[C@H](NC(=O)NCCCn1ccnc1)C(=O)O. The van der Waals surface area contributed by atoms with Crippen molar-refractivity contribution in [2.24, 2.45) is 0 Å². The number of rotatable bonds is 9. The number of carbonyl (C=O) groups is 3. The fraction of sp³-hybridized carbons (Fsp3) is 0.500. The summed E-state index contributed by atoms with van der Waals surface area (Å²) in [6, 6.07) is -1.84. The molecule has 9 nitrogen and oxygen atoms in total. The van der Waals surface area contributed by atoms with Crippen molar-refractivity contribution in [3.63, 3.8) is 0 Å². The van der Waals surface area contributed by atoms with Gasteiger partial charge in [0.05, 0.1) is 6.33 Å². The Balaban J connectivity index is 2.23. The molecule has 0 saturated heterocycles. The average molecular weight is 298 g/mol. The summed E-state index contributed by atoms with van der Waals surface area (Å²) >= 11 is 0. The maximum absolute atomic E-state index is 11.5. The Labute approximate surface area is 121 Å². The van der Waals surface area contributed by atoms with Crippen LogP contribution in [0.1, 0.15) is 19.3 Å². The number of nitrogens with zero attached hydrogens (tertiary/aromatic N) is 2. The summed E-state index contributed by atoms with van der Waals surface area (Å²) < 4.78 is 1.85. The number of amides is 2. The second kappa shape index (κ2) is 8.56. The van der Waals surface area contributed by atoms with E-state index in [9.17, 15) is 14.4 Å². The quantitative estimate of drug-likeness (QED) is 0.470. The van der Waals surface area contributed by atoms with Gasteiger partial charge < -0.3 is 25.4 Å². The summed E-state index contributed by atoms with van der Waals surface area (Å²) in [7, 11) is 0. The Bertz CT molecular complexity index is 474. The van der Waals surface area contributed by atoms with Gasteiger partial charge in [0.2, 0.25) is 0 Å². The lowest BCUT2D eigenvalue weighted by Crippen LogP contribution is -2.46. The van der Waals surface area contributed by atoms with Crippen molar-refractivity contribution in [2.45, 2.75) is 31.8 Å². The van der Waals surface area contributed by atoms with E-state index in [1.54, 1.807) is 18.7 Å². The van der Waals surface area contributed by atoms with Gasteiger partial charge in [0, 0.05) is 31.9 Å². The fourth-order valence-electron chi connectivity index (χ4n) is 1.62. The van der Waals surface area contributed by atoms with Crippen LogP contribution in [0.3, 0.4) is 0 Å². The van der Waals surface area contributed by atoms with Crippen molar-refractivity contribution >= 4 is 18.0 Å². The van der Waals surface area contributed by atoms with Crippen molar-refractivity contribution in [3.05, 3.63) is 18.7 Å². The zero-order valence-electron chi connectivity index (χ0n) is 11.4. The van der Waals surface area contributed by atoms with E-state index >= 15 is 0 Å². The number of aromatic nitrogens is 2. The monoisotopic (exact) mass is 298 g/mol. The number of urea groups is 1. The summed E-state index contributed by atoms with van der Waals surface area (Å²) in [5.41, 5.74) is 0. The molecule has 1 atom stereocenters. The number of imidazole rings is 1. The second-order valence-corrected chi connectivity index (χ2v) is 4.38. The van der Waals surface area contributed by atoms with Gasteiger partial charge >= 0.3 is 18.0 Å². The maximum Gasteiger partial charge on any atom is 0.326 e. The molecule has 1 aromatic heterocycles. The van der Waals surface area contributed by atoms with Gasteiger partial charge in [0.1, 0.15) is 6.04 Å². The van der Waals surface area contributed by atoms with Crippen molar-refractivity contribution in [1.29, 1.82) is 0 Å². The third kappa shape index (κ3) is 6.95. The molecule has 4 N–H and O–H groups in total. The number of hydrogen-bond donors (Lipinski definition) is 4. The Morgan fingerprint density at radius 3 is 2.62 bits per heavy atom. The van der Waals surface area contributed by atoms with Gasteiger partial charge in [-0.2, -0.15) is 0 Å². The highest BCUT2D eigenvalue weighted by Crippen LogP contribution is 1.98. The molecule has 0 unspecified atom stereocenters. The first kappa shape index (κ1) is 16.5. The van der Waals surface area contributed by atoms with Crippen molar-refractivity contribution in [1.82, 2.24) is 20.2 Å². The molecule has 0 spiro atoms. The molecule has 0 aliphatic rings. The van der Waals surface area contributed by atoms with Crippen molar-refractivity contribution < 1.29 is 24.6 Å². The average Bonchev–Trinajstić information content (AvgIpc) is 2.92. The number of hydrogen-bond acceptors (Lipinski definition) is 4. The van der Waals surface area contributed by atoms with E-state index in [2.05, 4.69) is 15.6 Å². The van der Waals surface area contributed by atoms with Gasteiger partial charge in [0.15, 0.2) is 0 Å². The summed E-state index contributed by atoms with van der Waals surface area (Å²) in [5.74, 6) is -2.37. The van der Waals surface area contributed by atoms with Crippen molar-refractivity contribution in [3.8, 4) is 0 Å². The highest BCUT2D eigenvalue weighted by molar-refractivity contribution is 5.82. The predicted molar refractivity (Wildman–Crippen MR) is 71.7 cm³/mol. The first-order chi connectivity index (χ1) is 9.99. The molecule has 21 heavy (non-hydrogen) atoms. The van der Waals surface area contributed by atoms with E-state index in [4.69, 9.17) is 10.2 Å². The Kier molecular flexibility index (Phi) is 6.72. The zero-order chi connectivity index (χ0) is 15.7. The van der Waals surface area contributed by atoms with Gasteiger partial charge in [0.25, 0.3) is 0 Å². The molecule has 1 rings (SSSR count). The van der Waals surface area contributed by atoms with Gasteiger partial charge in [-0.25, -0.2) is 14.6 Å². The van der Waals surface area contributed by atoms with Crippen LogP contribution in [0, 0.1) is 0 Å². The number of aliphatic carboxylic acids is 2. The van der Waals surface area contributed by atoms with E-state index in [0.717, 1.165) is 0 Å². The Morgan fingerprint density at radius 2 is 2.05 bits per heavy atom. The number of carbonyl (C=O) groups excluding carboxylic acids is 1. The summed E-state index contributed by atoms with van der Waals surface area (Å²) in [6.45, 7) is 1.05. The minimum Gasteiger partial charge on any atom is -0.481 e. The lowest BCUT2D eigenvalue weighted by molar-refractivity contribution is -0.140. The standard InChI is InChI=1S/C12H18N4O5/c17-10(18)3-2-9(11(19)20)15-12(21)14-4-1-6-16-7-5-13-8-16/h5,7-9H,1-4,6H2,(H,17,18)(H,19,20)(H2,14,15,21)/t9-/m0/s1. The number of carboxylic acids is 2. The first-order valence-corrected chi connectivity index (χ1v) is 6.43. The van der Waals surface area contributed by atoms with E-state index in [-0.39, 0.29) is 12.8 Å². The highest BCUT2D eigenvalue weighted by atomic mass is 16.4. The third-order valence-corrected chi connectivity index (χ3v) is 2.69. The smallest absolute Gasteiger partial charge is 0.326 e. The molecule has 9 heteroatoms. The number of carboxylic acid groups (broad SMARTS) is 2. The van der Waals surface area contributed by atoms with Crippen LogP contribution in [0.2, 0.25) is 0 Å². The normalized spacial score (nSPS) is 11.6. The lowest BCUT2D eigenvalue weighted by Gasteiger charge is -2.14. The van der Waals surface area contributed by atoms with E-state index < -0.39 is 24.0 Å². The number of aryl methyl sites for hydroxylation is 1. The van der Waals surface area contributed by atoms with E-state index in [0.29, 0.717) is 19.5 Å². The molecule has 0 fully saturated rings. The molecule has 2 amide bonds. The van der Waals surface area contributed by atoms with Crippen LogP contribution in [-0.4, -0.2) is 50.3 Å². The summed E-state index contributed by atoms with van der Waals surface area (Å²) in [6.07, 6.45) is 5.29. The Morgan fingerprint density at radius 1 is 1.29 bits per heavy atom. The van der Waals surface area contributed by atoms with Gasteiger partial charge in [-0.3, -0.25) is 4.79 Å². The fourth-order valence-corrected chi connectivity index (χ4v) is 1.62. The van der Waals surface area contributed by atoms with Gasteiger partial charge in [-0.15, -0.1) is 0 Å². The van der Waals surface area contributed by atoms with Crippen LogP contribution in [0.5, 0.6) is 0 Å². The summed E-state index contributed by atoms with van der Waals surface area (Å²) in [5, 5.41) is 22.2. The molecule has 0 saturated carbocycles. The van der Waals surface area contributed by atoms with Crippen LogP contribution < -0.4 is 10.6 Å². The van der Waals surface area contributed by atoms with Crippen LogP contribution in [0.15, 0.2) is 18.7 Å². The highest BCUT2D eigenvalue weighted by Gasteiger charge is 2.20. The maximum atomic E-state index is 11.5. The lowest BCUT2D eigenvalue weighted by atomic mass is 10.1. The Hall–Kier alpha value is -2.58. The summed E-state index contributed by atoms with van der Waals surface area (Å²) in [4.78, 5) is 36.7. The number of nitrogens with one attached hydrogen (secondary N) is 2. The minimum absolute atomic E-state index is 0.160. The molecular formula is C12H18N4O5.